The summed E-state index contributed by atoms with van der Waals surface area (Å²) in [6.07, 6.45) is 1.55. The molecule has 6 heteroatoms. The van der Waals surface area contributed by atoms with Gasteiger partial charge in [0.15, 0.2) is 0 Å². The normalized spacial score (nSPS) is 10.4. The van der Waals surface area contributed by atoms with Crippen LogP contribution in [0.1, 0.15) is 21.6 Å². The van der Waals surface area contributed by atoms with Crippen molar-refractivity contribution in [3.63, 3.8) is 0 Å². The Morgan fingerprint density at radius 2 is 1.76 bits per heavy atom. The minimum absolute atomic E-state index is 0.269. The van der Waals surface area contributed by atoms with E-state index in [1.165, 1.54) is 0 Å². The van der Waals surface area contributed by atoms with E-state index in [9.17, 15) is 4.79 Å². The molecule has 2 N–H and O–H groups in total. The average Bonchev–Trinajstić information content (AvgIpc) is 2.60. The predicted molar refractivity (Wildman–Crippen MR) is 101 cm³/mol. The maximum Gasteiger partial charge on any atom is 0.274 e. The third-order valence-corrected chi connectivity index (χ3v) is 3.96. The number of halogens is 1. The number of nitrogens with zero attached hydrogens (tertiary/aromatic N) is 2. The fourth-order valence-corrected chi connectivity index (χ4v) is 2.47. The first-order valence-corrected chi connectivity index (χ1v) is 8.14. The van der Waals surface area contributed by atoms with E-state index in [1.807, 2.05) is 44.2 Å². The fraction of sp³-hybridized carbons (Fsp3) is 0.105. The Bertz CT molecular complexity index is 927. The summed E-state index contributed by atoms with van der Waals surface area (Å²) < 4.78 is 0. The third-order valence-electron chi connectivity index (χ3n) is 3.73. The van der Waals surface area contributed by atoms with Crippen molar-refractivity contribution >= 4 is 34.8 Å². The van der Waals surface area contributed by atoms with Gasteiger partial charge in [-0.1, -0.05) is 35.9 Å². The van der Waals surface area contributed by atoms with Gasteiger partial charge in [-0.15, -0.1) is 0 Å². The highest BCUT2D eigenvalue weighted by Crippen LogP contribution is 2.21. The smallest absolute Gasteiger partial charge is 0.274 e. The molecule has 1 heterocycles. The lowest BCUT2D eigenvalue weighted by atomic mass is 10.2. The summed E-state index contributed by atoms with van der Waals surface area (Å²) in [7, 11) is 0. The average molecular weight is 353 g/mol. The number of hydrogen-bond acceptors (Lipinski definition) is 4. The summed E-state index contributed by atoms with van der Waals surface area (Å²) in [5, 5.41) is 6.52. The zero-order valence-electron chi connectivity index (χ0n) is 13.9. The first-order valence-electron chi connectivity index (χ1n) is 7.76. The number of aromatic nitrogens is 2. The molecule has 1 aromatic heterocycles. The molecule has 126 valence electrons. The molecule has 0 saturated heterocycles. The van der Waals surface area contributed by atoms with Gasteiger partial charge in [-0.2, -0.15) is 0 Å². The van der Waals surface area contributed by atoms with Crippen LogP contribution in [0.25, 0.3) is 0 Å². The molecule has 5 nitrogen and oxygen atoms in total. The fourth-order valence-electron chi connectivity index (χ4n) is 2.29. The van der Waals surface area contributed by atoms with E-state index in [0.717, 1.165) is 16.8 Å². The van der Waals surface area contributed by atoms with E-state index >= 15 is 0 Å². The molecule has 0 fully saturated rings. The van der Waals surface area contributed by atoms with E-state index < -0.39 is 0 Å². The minimum Gasteiger partial charge on any atom is -0.324 e. The summed E-state index contributed by atoms with van der Waals surface area (Å²) in [4.78, 5) is 20.9. The molecule has 0 radical (unpaired) electrons. The molecule has 0 spiro atoms. The van der Waals surface area contributed by atoms with Crippen molar-refractivity contribution in [1.82, 2.24) is 9.97 Å². The van der Waals surface area contributed by atoms with E-state index in [2.05, 4.69) is 20.6 Å². The van der Waals surface area contributed by atoms with Gasteiger partial charge in [0.2, 0.25) is 5.95 Å². The Labute approximate surface area is 151 Å². The number of hydrogen-bond donors (Lipinski definition) is 2. The molecule has 0 bridgehead atoms. The van der Waals surface area contributed by atoms with Crippen LogP contribution in [0.4, 0.5) is 17.3 Å². The number of anilines is 3. The van der Waals surface area contributed by atoms with Gasteiger partial charge in [0.25, 0.3) is 5.91 Å². The number of carbonyl (C=O) groups is 1. The second kappa shape index (κ2) is 7.32. The van der Waals surface area contributed by atoms with Crippen molar-refractivity contribution in [1.29, 1.82) is 0 Å². The lowest BCUT2D eigenvalue weighted by Crippen LogP contribution is -2.15. The van der Waals surface area contributed by atoms with Gasteiger partial charge >= 0.3 is 0 Å². The Kier molecular flexibility index (Phi) is 4.95. The van der Waals surface area contributed by atoms with Gasteiger partial charge in [0.1, 0.15) is 5.69 Å². The molecule has 3 aromatic rings. The van der Waals surface area contributed by atoms with Crippen LogP contribution in [0.3, 0.4) is 0 Å². The van der Waals surface area contributed by atoms with Crippen LogP contribution in [-0.4, -0.2) is 15.9 Å². The number of carbonyl (C=O) groups excluding carboxylic acids is 1. The van der Waals surface area contributed by atoms with Crippen molar-refractivity contribution in [2.75, 3.05) is 10.6 Å². The SMILES string of the molecule is Cc1ccc(Cl)cc1NC(=O)c1ccnc(Nc2ccccc2C)n1. The van der Waals surface area contributed by atoms with Crippen molar-refractivity contribution in [2.45, 2.75) is 13.8 Å². The summed E-state index contributed by atoms with van der Waals surface area (Å²) in [6, 6.07) is 14.7. The number of aryl methyl sites for hydroxylation is 2. The maximum absolute atomic E-state index is 12.5. The Balaban J connectivity index is 1.80. The van der Waals surface area contributed by atoms with Gasteiger partial charge in [0, 0.05) is 22.6 Å². The Morgan fingerprint density at radius 1 is 1.00 bits per heavy atom. The van der Waals surface area contributed by atoms with Gasteiger partial charge < -0.3 is 10.6 Å². The molecule has 0 aliphatic rings. The summed E-state index contributed by atoms with van der Waals surface area (Å²) in [5.41, 5.74) is 3.81. The van der Waals surface area contributed by atoms with E-state index in [-0.39, 0.29) is 11.6 Å². The van der Waals surface area contributed by atoms with Gasteiger partial charge in [-0.25, -0.2) is 9.97 Å². The predicted octanol–water partition coefficient (Wildman–Crippen LogP) is 4.74. The largest absolute Gasteiger partial charge is 0.324 e. The number of nitrogens with one attached hydrogen (secondary N) is 2. The monoisotopic (exact) mass is 352 g/mol. The third kappa shape index (κ3) is 4.14. The molecule has 1 amide bonds. The molecule has 25 heavy (non-hydrogen) atoms. The standard InChI is InChI=1S/C19H17ClN4O/c1-12-5-3-4-6-15(12)23-19-21-10-9-16(24-19)18(25)22-17-11-14(20)8-7-13(17)2/h3-11H,1-2H3,(H,22,25)(H,21,23,24). The second-order valence-electron chi connectivity index (χ2n) is 5.62. The number of rotatable bonds is 4. The highest BCUT2D eigenvalue weighted by molar-refractivity contribution is 6.31. The number of benzene rings is 2. The van der Waals surface area contributed by atoms with Crippen molar-refractivity contribution in [3.8, 4) is 0 Å². The van der Waals surface area contributed by atoms with E-state index in [1.54, 1.807) is 24.4 Å². The maximum atomic E-state index is 12.5. The van der Waals surface area contributed by atoms with Crippen LogP contribution in [-0.2, 0) is 0 Å². The van der Waals surface area contributed by atoms with Crippen molar-refractivity contribution in [2.24, 2.45) is 0 Å². The van der Waals surface area contributed by atoms with E-state index in [0.29, 0.717) is 16.7 Å². The highest BCUT2D eigenvalue weighted by Gasteiger charge is 2.11. The van der Waals surface area contributed by atoms with Crippen LogP contribution in [0.15, 0.2) is 54.7 Å². The first-order chi connectivity index (χ1) is 12.0. The summed E-state index contributed by atoms with van der Waals surface area (Å²) in [5.74, 6) is 0.0466. The first kappa shape index (κ1) is 16.9. The molecular weight excluding hydrogens is 336 g/mol. The summed E-state index contributed by atoms with van der Waals surface area (Å²) in [6.45, 7) is 3.89. The van der Waals surface area contributed by atoms with Gasteiger partial charge in [0.05, 0.1) is 0 Å². The summed E-state index contributed by atoms with van der Waals surface area (Å²) >= 11 is 5.99. The van der Waals surface area contributed by atoms with Gasteiger partial charge in [-0.3, -0.25) is 4.79 Å². The van der Waals surface area contributed by atoms with Crippen LogP contribution in [0.5, 0.6) is 0 Å². The molecule has 0 saturated carbocycles. The van der Waals surface area contributed by atoms with Crippen LogP contribution < -0.4 is 10.6 Å². The lowest BCUT2D eigenvalue weighted by Gasteiger charge is -2.10. The van der Waals surface area contributed by atoms with E-state index in [4.69, 9.17) is 11.6 Å². The second-order valence-corrected chi connectivity index (χ2v) is 6.06. The van der Waals surface area contributed by atoms with Crippen LogP contribution >= 0.6 is 11.6 Å². The molecule has 2 aromatic carbocycles. The molecule has 0 aliphatic heterocycles. The Hall–Kier alpha value is -2.92. The molecule has 0 atom stereocenters. The van der Waals surface area contributed by atoms with Gasteiger partial charge in [-0.05, 0) is 49.2 Å². The zero-order chi connectivity index (χ0) is 17.8. The molecule has 0 unspecified atom stereocenters. The number of amides is 1. The molecular formula is C19H17ClN4O. The zero-order valence-corrected chi connectivity index (χ0v) is 14.6. The topological polar surface area (TPSA) is 66.9 Å². The van der Waals surface area contributed by atoms with Crippen molar-refractivity contribution in [3.05, 3.63) is 76.6 Å². The van der Waals surface area contributed by atoms with Crippen LogP contribution in [0.2, 0.25) is 5.02 Å². The van der Waals surface area contributed by atoms with Crippen LogP contribution in [0, 0.1) is 13.8 Å². The highest BCUT2D eigenvalue weighted by atomic mass is 35.5. The molecule has 3 rings (SSSR count). The molecule has 0 aliphatic carbocycles. The number of para-hydroxylation sites is 1. The Morgan fingerprint density at radius 3 is 2.56 bits per heavy atom. The quantitative estimate of drug-likeness (QED) is 0.711. The lowest BCUT2D eigenvalue weighted by molar-refractivity contribution is 0.102. The minimum atomic E-state index is -0.319. The van der Waals surface area contributed by atoms with Crippen molar-refractivity contribution < 1.29 is 4.79 Å².